The molecule has 0 aromatic heterocycles. The van der Waals surface area contributed by atoms with Crippen LogP contribution in [0.15, 0.2) is 30.3 Å². The van der Waals surface area contributed by atoms with E-state index >= 15 is 0 Å². The van der Waals surface area contributed by atoms with Crippen LogP contribution >= 0.6 is 0 Å². The first-order valence-electron chi connectivity index (χ1n) is 18.1. The summed E-state index contributed by atoms with van der Waals surface area (Å²) in [5.74, 6) is 0.871. The van der Waals surface area contributed by atoms with Gasteiger partial charge in [0, 0.05) is 17.4 Å². The first-order chi connectivity index (χ1) is 21.2. The van der Waals surface area contributed by atoms with Crippen molar-refractivity contribution >= 4 is 12.6 Å². The van der Waals surface area contributed by atoms with Crippen LogP contribution in [0.2, 0.25) is 0 Å². The summed E-state index contributed by atoms with van der Waals surface area (Å²) in [6.45, 7) is 16.1. The van der Waals surface area contributed by atoms with E-state index in [0.717, 1.165) is 61.9 Å². The number of unbranched alkanes of at least 4 members (excludes halogenated alkanes) is 7. The lowest BCUT2D eigenvalue weighted by Crippen LogP contribution is -2.41. The lowest BCUT2D eigenvalue weighted by atomic mass is 9.75. The molecule has 0 saturated carbocycles. The molecular formula is C39H61BO4. The predicted molar refractivity (Wildman–Crippen MR) is 186 cm³/mol. The largest absolute Gasteiger partial charge is 0.498 e. The van der Waals surface area contributed by atoms with Gasteiger partial charge in [-0.3, -0.25) is 0 Å². The van der Waals surface area contributed by atoms with Crippen LogP contribution < -0.4 is 10.2 Å². The first kappa shape index (κ1) is 35.0. The minimum atomic E-state index is -0.496. The van der Waals surface area contributed by atoms with Gasteiger partial charge in [-0.25, -0.2) is 0 Å². The van der Waals surface area contributed by atoms with Gasteiger partial charge in [-0.05, 0) is 107 Å². The van der Waals surface area contributed by atoms with Gasteiger partial charge in [-0.1, -0.05) is 90.0 Å². The van der Waals surface area contributed by atoms with E-state index in [0.29, 0.717) is 0 Å². The number of benzene rings is 2. The summed E-state index contributed by atoms with van der Waals surface area (Å²) in [5.41, 5.74) is 6.74. The average molecular weight is 605 g/mol. The van der Waals surface area contributed by atoms with Crippen molar-refractivity contribution in [2.45, 2.75) is 169 Å². The van der Waals surface area contributed by atoms with Crippen LogP contribution in [0.5, 0.6) is 5.75 Å². The third-order valence-electron chi connectivity index (χ3n) is 9.89. The molecule has 2 aromatic carbocycles. The van der Waals surface area contributed by atoms with Crippen molar-refractivity contribution in [1.29, 1.82) is 0 Å². The Kier molecular flexibility index (Phi) is 13.3. The molecule has 0 bridgehead atoms. The van der Waals surface area contributed by atoms with Gasteiger partial charge < -0.3 is 18.8 Å². The first-order valence-corrected chi connectivity index (χ1v) is 18.1. The van der Waals surface area contributed by atoms with Gasteiger partial charge in [-0.2, -0.15) is 0 Å². The zero-order valence-corrected chi connectivity index (χ0v) is 29.2. The molecule has 2 aliphatic rings. The van der Waals surface area contributed by atoms with Crippen molar-refractivity contribution in [2.75, 3.05) is 6.61 Å². The Morgan fingerprint density at radius 1 is 0.682 bits per heavy atom. The molecule has 4 rings (SSSR count). The Bertz CT molecular complexity index is 1120. The molecule has 1 atom stereocenters. The molecule has 44 heavy (non-hydrogen) atoms. The number of aryl methyl sites for hydroxylation is 3. The number of hydrogen-bond acceptors (Lipinski definition) is 4. The molecule has 0 spiro atoms. The zero-order chi connectivity index (χ0) is 31.6. The summed E-state index contributed by atoms with van der Waals surface area (Å²) in [5, 5.41) is 0. The van der Waals surface area contributed by atoms with Crippen LogP contribution in [0.25, 0.3) is 11.1 Å². The van der Waals surface area contributed by atoms with Gasteiger partial charge in [0.25, 0.3) is 0 Å². The van der Waals surface area contributed by atoms with E-state index in [1.54, 1.807) is 0 Å². The SMILES string of the molecule is CCCCCCCCc1cc(B2OC(C)(C)C(C)(C)O2)c(OC2CCCCO2)c(-c2cc(CCCC)cc(CCCC)c2)c1. The molecule has 2 saturated heterocycles. The van der Waals surface area contributed by atoms with E-state index in [9.17, 15) is 0 Å². The maximum atomic E-state index is 6.91. The summed E-state index contributed by atoms with van der Waals surface area (Å²) in [4.78, 5) is 0. The second kappa shape index (κ2) is 16.7. The highest BCUT2D eigenvalue weighted by molar-refractivity contribution is 6.63. The summed E-state index contributed by atoms with van der Waals surface area (Å²) >= 11 is 0. The molecule has 244 valence electrons. The molecule has 4 nitrogen and oxygen atoms in total. The Morgan fingerprint density at radius 3 is 1.84 bits per heavy atom. The van der Waals surface area contributed by atoms with Crippen LogP contribution in [-0.2, 0) is 33.3 Å². The smallest absolute Gasteiger partial charge is 0.465 e. The fraction of sp³-hybridized carbons (Fsp3) is 0.692. The molecule has 2 heterocycles. The minimum absolute atomic E-state index is 0.254. The molecule has 0 N–H and O–H groups in total. The van der Waals surface area contributed by atoms with E-state index in [1.807, 2.05) is 0 Å². The monoisotopic (exact) mass is 604 g/mol. The van der Waals surface area contributed by atoms with Crippen molar-refractivity contribution in [3.05, 3.63) is 47.0 Å². The van der Waals surface area contributed by atoms with Crippen molar-refractivity contribution < 1.29 is 18.8 Å². The predicted octanol–water partition coefficient (Wildman–Crippen LogP) is 10.1. The number of rotatable bonds is 17. The molecule has 0 aliphatic carbocycles. The van der Waals surface area contributed by atoms with Gasteiger partial charge in [0.15, 0.2) is 6.29 Å². The van der Waals surface area contributed by atoms with Gasteiger partial charge in [0.2, 0.25) is 0 Å². The Morgan fingerprint density at radius 2 is 1.25 bits per heavy atom. The second-order valence-electron chi connectivity index (χ2n) is 14.3. The topological polar surface area (TPSA) is 36.9 Å². The third-order valence-corrected chi connectivity index (χ3v) is 9.89. The van der Waals surface area contributed by atoms with Crippen molar-refractivity contribution in [3.63, 3.8) is 0 Å². The lowest BCUT2D eigenvalue weighted by Gasteiger charge is -2.32. The minimum Gasteiger partial charge on any atom is -0.465 e. The van der Waals surface area contributed by atoms with Crippen LogP contribution in [0.4, 0.5) is 0 Å². The van der Waals surface area contributed by atoms with Crippen LogP contribution in [0, 0.1) is 0 Å². The maximum absolute atomic E-state index is 6.91. The average Bonchev–Trinajstić information content (AvgIpc) is 3.23. The van der Waals surface area contributed by atoms with Crippen LogP contribution in [0.1, 0.15) is 149 Å². The van der Waals surface area contributed by atoms with Gasteiger partial charge >= 0.3 is 7.12 Å². The highest BCUT2D eigenvalue weighted by atomic mass is 16.7. The zero-order valence-electron chi connectivity index (χ0n) is 29.2. The molecule has 5 heteroatoms. The quantitative estimate of drug-likeness (QED) is 0.133. The van der Waals surface area contributed by atoms with Crippen molar-refractivity contribution in [2.24, 2.45) is 0 Å². The van der Waals surface area contributed by atoms with E-state index in [1.165, 1.54) is 86.5 Å². The third kappa shape index (κ3) is 9.36. The summed E-state index contributed by atoms with van der Waals surface area (Å²) in [7, 11) is -0.496. The molecule has 0 amide bonds. The molecule has 2 aliphatic heterocycles. The van der Waals surface area contributed by atoms with Gasteiger partial charge in [-0.15, -0.1) is 0 Å². The molecular weight excluding hydrogens is 543 g/mol. The van der Waals surface area contributed by atoms with E-state index in [-0.39, 0.29) is 6.29 Å². The van der Waals surface area contributed by atoms with E-state index in [4.69, 9.17) is 18.8 Å². The van der Waals surface area contributed by atoms with Crippen LogP contribution in [0.3, 0.4) is 0 Å². The standard InChI is InChI=1S/C39H61BO4/c1-8-11-14-15-16-17-22-32-28-34(33-26-30(20-12-9-2)25-31(27-33)21-13-10-3)37(42-36-23-18-19-24-41-36)35(29-32)40-43-38(4,5)39(6,7)44-40/h25-29,36H,8-24H2,1-7H3. The Hall–Kier alpha value is -1.82. The molecule has 0 radical (unpaired) electrons. The summed E-state index contributed by atoms with van der Waals surface area (Å²) in [6.07, 6.45) is 18.6. The lowest BCUT2D eigenvalue weighted by molar-refractivity contribution is -0.105. The van der Waals surface area contributed by atoms with E-state index in [2.05, 4.69) is 78.8 Å². The summed E-state index contributed by atoms with van der Waals surface area (Å²) in [6, 6.07) is 12.0. The fourth-order valence-electron chi connectivity index (χ4n) is 6.36. The second-order valence-corrected chi connectivity index (χ2v) is 14.3. The molecule has 1 unspecified atom stereocenters. The Labute approximate surface area is 270 Å². The molecule has 2 aromatic rings. The number of ether oxygens (including phenoxy) is 2. The van der Waals surface area contributed by atoms with E-state index < -0.39 is 18.3 Å². The van der Waals surface area contributed by atoms with Crippen molar-refractivity contribution in [3.8, 4) is 16.9 Å². The highest BCUT2D eigenvalue weighted by Crippen LogP contribution is 2.40. The van der Waals surface area contributed by atoms with Gasteiger partial charge in [0.05, 0.1) is 17.8 Å². The fourth-order valence-corrected chi connectivity index (χ4v) is 6.36. The molecule has 2 fully saturated rings. The number of hydrogen-bond donors (Lipinski definition) is 0. The Balaban J connectivity index is 1.82. The summed E-state index contributed by atoms with van der Waals surface area (Å²) < 4.78 is 26.5. The highest BCUT2D eigenvalue weighted by Gasteiger charge is 2.53. The maximum Gasteiger partial charge on any atom is 0.498 e. The van der Waals surface area contributed by atoms with Crippen molar-refractivity contribution in [1.82, 2.24) is 0 Å². The van der Waals surface area contributed by atoms with Gasteiger partial charge in [0.1, 0.15) is 5.75 Å². The van der Waals surface area contributed by atoms with Crippen LogP contribution in [-0.4, -0.2) is 31.2 Å². The normalized spacial score (nSPS) is 19.4.